The molecule has 0 heterocycles. The minimum Gasteiger partial charge on any atom is -0.298 e. The highest BCUT2D eigenvalue weighted by Gasteiger charge is 2.25. The quantitative estimate of drug-likeness (QED) is 0.125. The van der Waals surface area contributed by atoms with Crippen molar-refractivity contribution < 1.29 is 19.7 Å². The van der Waals surface area contributed by atoms with Gasteiger partial charge in [0, 0.05) is 0 Å². The lowest BCUT2D eigenvalue weighted by Crippen LogP contribution is -2.04. The van der Waals surface area contributed by atoms with Gasteiger partial charge >= 0.3 is 5.97 Å². The van der Waals surface area contributed by atoms with E-state index in [-0.39, 0.29) is 61.4 Å². The first-order valence-corrected chi connectivity index (χ1v) is 10.0. The monoisotopic (exact) mass is 584 g/mol. The summed E-state index contributed by atoms with van der Waals surface area (Å²) in [4.78, 5) is 25.1. The van der Waals surface area contributed by atoms with Crippen molar-refractivity contribution in [3.63, 3.8) is 0 Å². The van der Waals surface area contributed by atoms with Crippen LogP contribution in [0.2, 0.25) is 50.2 Å². The molecule has 0 saturated carbocycles. The van der Waals surface area contributed by atoms with Crippen LogP contribution in [0.3, 0.4) is 0 Å². The number of rotatable bonds is 2. The lowest BCUT2D eigenvalue weighted by Gasteiger charge is -2.09. The van der Waals surface area contributed by atoms with E-state index < -0.39 is 5.97 Å². The Bertz CT molecular complexity index is 902. The molecule has 4 nitrogen and oxygen atoms in total. The first-order valence-electron chi connectivity index (χ1n) is 6.26. The summed E-state index contributed by atoms with van der Waals surface area (Å²) in [5, 5.41) is 7.47. The van der Waals surface area contributed by atoms with Crippen molar-refractivity contribution in [1.82, 2.24) is 0 Å². The molecule has 152 valence electrons. The van der Waals surface area contributed by atoms with Gasteiger partial charge in [0.15, 0.2) is 6.29 Å². The van der Waals surface area contributed by atoms with Crippen molar-refractivity contribution in [3.8, 4) is 0 Å². The molecular weight excluding hydrogens is 587 g/mol. The van der Waals surface area contributed by atoms with Crippen molar-refractivity contribution >= 4 is 128 Å². The van der Waals surface area contributed by atoms with Crippen LogP contribution in [0, 0.1) is 0 Å². The van der Waals surface area contributed by atoms with Gasteiger partial charge in [-0.3, -0.25) is 9.68 Å². The van der Waals surface area contributed by atoms with E-state index in [4.69, 9.17) is 121 Å². The Hall–Kier alpha value is 0.440. The maximum Gasteiger partial charge on any atom is 0.375 e. The first-order chi connectivity index (χ1) is 12.9. The molecule has 0 aliphatic heterocycles. The van der Waals surface area contributed by atoms with Gasteiger partial charge in [-0.05, 0) is 0 Å². The largest absolute Gasteiger partial charge is 0.375 e. The van der Waals surface area contributed by atoms with Crippen LogP contribution in [0.1, 0.15) is 20.7 Å². The minimum atomic E-state index is -1.18. The molecule has 2 rings (SSSR count). The van der Waals surface area contributed by atoms with E-state index in [2.05, 4.69) is 4.89 Å². The Kier molecular flexibility index (Phi) is 10.6. The SMILES string of the molecule is O=C(OO)c1c(Cl)c(Cl)c(Cl)c(Cl)c1Cl.O=Cc1c(Cl)c(Cl)c(Cl)c(Cl)c1Cl. The lowest BCUT2D eigenvalue weighted by atomic mass is 10.2. The topological polar surface area (TPSA) is 63.6 Å². The third kappa shape index (κ3) is 5.37. The number of carbonyl (C=O) groups is 2. The summed E-state index contributed by atoms with van der Waals surface area (Å²) >= 11 is 56.7. The van der Waals surface area contributed by atoms with Crippen molar-refractivity contribution in [2.45, 2.75) is 0 Å². The van der Waals surface area contributed by atoms with E-state index in [1.807, 2.05) is 0 Å². The average molecular weight is 589 g/mol. The molecular formula is C14H2Cl10O4. The van der Waals surface area contributed by atoms with E-state index in [0.717, 1.165) is 0 Å². The molecule has 0 spiro atoms. The fourth-order valence-electron chi connectivity index (χ4n) is 1.56. The summed E-state index contributed by atoms with van der Waals surface area (Å²) in [6.07, 6.45) is 0.471. The standard InChI is InChI=1S/C7HCl5O3.C7HCl5O/c8-2-1(7(13)15-14)3(9)5(11)6(12)4(2)10;8-3-2(1-13)4(9)6(11)7(12)5(3)10/h14H;1H. The molecule has 28 heavy (non-hydrogen) atoms. The molecule has 0 amide bonds. The summed E-state index contributed by atoms with van der Waals surface area (Å²) in [5.41, 5.74) is -0.303. The third-order valence-electron chi connectivity index (χ3n) is 2.86. The van der Waals surface area contributed by atoms with Gasteiger partial charge in [0.1, 0.15) is 5.56 Å². The summed E-state index contributed by atoms with van der Waals surface area (Å²) in [5.74, 6) is -1.18. The second-order valence-electron chi connectivity index (χ2n) is 4.43. The van der Waals surface area contributed by atoms with E-state index >= 15 is 0 Å². The van der Waals surface area contributed by atoms with Gasteiger partial charge in [-0.25, -0.2) is 4.79 Å². The number of halogens is 10. The molecule has 0 atom stereocenters. The Labute approximate surface area is 207 Å². The summed E-state index contributed by atoms with van der Waals surface area (Å²) in [6, 6.07) is 0. The predicted octanol–water partition coefficient (Wildman–Crippen LogP) is 9.35. The van der Waals surface area contributed by atoms with E-state index in [1.54, 1.807) is 0 Å². The van der Waals surface area contributed by atoms with Crippen LogP contribution in [0.25, 0.3) is 0 Å². The zero-order valence-corrected chi connectivity index (χ0v) is 20.1. The maximum absolute atomic E-state index is 11.1. The second-order valence-corrected chi connectivity index (χ2v) is 8.20. The number of carbonyl (C=O) groups excluding carboxylic acids is 2. The van der Waals surface area contributed by atoms with Crippen LogP contribution in [0.4, 0.5) is 0 Å². The summed E-state index contributed by atoms with van der Waals surface area (Å²) < 4.78 is 0. The van der Waals surface area contributed by atoms with Gasteiger partial charge in [0.2, 0.25) is 0 Å². The van der Waals surface area contributed by atoms with Gasteiger partial charge < -0.3 is 0 Å². The van der Waals surface area contributed by atoms with Gasteiger partial charge in [0.25, 0.3) is 0 Å². The summed E-state index contributed by atoms with van der Waals surface area (Å²) in [6.45, 7) is 0. The van der Waals surface area contributed by atoms with Crippen molar-refractivity contribution in [1.29, 1.82) is 0 Å². The van der Waals surface area contributed by atoms with Crippen LogP contribution in [-0.2, 0) is 4.89 Å². The highest BCUT2D eigenvalue weighted by atomic mass is 35.5. The molecule has 0 aliphatic rings. The van der Waals surface area contributed by atoms with E-state index in [9.17, 15) is 9.59 Å². The second kappa shape index (κ2) is 11.2. The zero-order valence-electron chi connectivity index (χ0n) is 12.5. The van der Waals surface area contributed by atoms with Gasteiger partial charge in [-0.15, -0.1) is 0 Å². The number of hydrogen-bond acceptors (Lipinski definition) is 4. The van der Waals surface area contributed by atoms with Crippen molar-refractivity contribution in [2.75, 3.05) is 0 Å². The number of benzene rings is 2. The lowest BCUT2D eigenvalue weighted by molar-refractivity contribution is -0.182. The fourth-order valence-corrected chi connectivity index (χ4v) is 4.09. The van der Waals surface area contributed by atoms with Crippen LogP contribution < -0.4 is 0 Å². The molecule has 0 fully saturated rings. The van der Waals surface area contributed by atoms with Crippen LogP contribution >= 0.6 is 116 Å². The average Bonchev–Trinajstić information content (AvgIpc) is 2.68. The van der Waals surface area contributed by atoms with Crippen LogP contribution in [0.15, 0.2) is 0 Å². The normalized spacial score (nSPS) is 10.2. The fraction of sp³-hybridized carbons (Fsp3) is 0. The number of aldehydes is 1. The van der Waals surface area contributed by atoms with Crippen LogP contribution in [-0.4, -0.2) is 17.5 Å². The van der Waals surface area contributed by atoms with E-state index in [1.165, 1.54) is 0 Å². The molecule has 2 aromatic carbocycles. The smallest absolute Gasteiger partial charge is 0.298 e. The van der Waals surface area contributed by atoms with Crippen molar-refractivity contribution in [2.24, 2.45) is 0 Å². The van der Waals surface area contributed by atoms with Gasteiger partial charge in [-0.2, -0.15) is 5.26 Å². The zero-order chi connectivity index (χ0) is 21.9. The highest BCUT2D eigenvalue weighted by molar-refractivity contribution is 6.57. The maximum atomic E-state index is 11.1. The highest BCUT2D eigenvalue weighted by Crippen LogP contribution is 2.44. The molecule has 0 aliphatic carbocycles. The molecule has 14 heteroatoms. The molecule has 0 radical (unpaired) electrons. The molecule has 0 aromatic heterocycles. The van der Waals surface area contributed by atoms with Gasteiger partial charge in [0.05, 0.1) is 55.8 Å². The van der Waals surface area contributed by atoms with Crippen LogP contribution in [0.5, 0.6) is 0 Å². The molecule has 2 aromatic rings. The van der Waals surface area contributed by atoms with E-state index in [0.29, 0.717) is 6.29 Å². The molecule has 1 N–H and O–H groups in total. The molecule has 0 saturated heterocycles. The van der Waals surface area contributed by atoms with Crippen molar-refractivity contribution in [3.05, 3.63) is 61.4 Å². The first kappa shape index (κ1) is 26.5. The third-order valence-corrected chi connectivity index (χ3v) is 7.44. The number of hydrogen-bond donors (Lipinski definition) is 1. The Morgan fingerprint density at radius 1 is 0.607 bits per heavy atom. The Morgan fingerprint density at radius 2 is 0.893 bits per heavy atom. The predicted molar refractivity (Wildman–Crippen MR) is 116 cm³/mol. The molecule has 0 unspecified atom stereocenters. The minimum absolute atomic E-state index is 0.0102. The Balaban J connectivity index is 0.000000283. The molecule has 0 bridgehead atoms. The Morgan fingerprint density at radius 3 is 1.18 bits per heavy atom. The summed E-state index contributed by atoms with van der Waals surface area (Å²) in [7, 11) is 0. The van der Waals surface area contributed by atoms with Gasteiger partial charge in [-0.1, -0.05) is 116 Å².